The minimum absolute atomic E-state index is 0.0127. The molecule has 1 saturated heterocycles. The van der Waals surface area contributed by atoms with E-state index in [2.05, 4.69) is 5.32 Å². The molecule has 2 N–H and O–H groups in total. The maximum atomic E-state index is 12.1. The fourth-order valence-corrected chi connectivity index (χ4v) is 2.38. The van der Waals surface area contributed by atoms with Gasteiger partial charge in [0.15, 0.2) is 0 Å². The molecule has 0 radical (unpaired) electrons. The van der Waals surface area contributed by atoms with Crippen LogP contribution in [0.3, 0.4) is 0 Å². The molecular formula is C14H18N2O3. The summed E-state index contributed by atoms with van der Waals surface area (Å²) in [6.07, 6.45) is 0.721. The van der Waals surface area contributed by atoms with Gasteiger partial charge in [-0.2, -0.15) is 0 Å². The van der Waals surface area contributed by atoms with Crippen LogP contribution in [0.15, 0.2) is 24.3 Å². The molecule has 0 saturated carbocycles. The van der Waals surface area contributed by atoms with E-state index in [-0.39, 0.29) is 11.9 Å². The van der Waals surface area contributed by atoms with Gasteiger partial charge in [-0.15, -0.1) is 0 Å². The Morgan fingerprint density at radius 2 is 1.95 bits per heavy atom. The summed E-state index contributed by atoms with van der Waals surface area (Å²) in [6.45, 7) is 4.31. The second-order valence-electron chi connectivity index (χ2n) is 5.04. The minimum Gasteiger partial charge on any atom is -0.480 e. The van der Waals surface area contributed by atoms with Gasteiger partial charge >= 0.3 is 12.0 Å². The zero-order valence-electron chi connectivity index (χ0n) is 11.1. The lowest BCUT2D eigenvalue weighted by Crippen LogP contribution is -2.44. The maximum absolute atomic E-state index is 12.1. The van der Waals surface area contributed by atoms with Gasteiger partial charge in [0.05, 0.1) is 0 Å². The molecular weight excluding hydrogens is 244 g/mol. The van der Waals surface area contributed by atoms with Gasteiger partial charge in [0.1, 0.15) is 6.04 Å². The van der Waals surface area contributed by atoms with E-state index in [0.717, 1.165) is 12.0 Å². The van der Waals surface area contributed by atoms with Gasteiger partial charge in [0.25, 0.3) is 0 Å². The van der Waals surface area contributed by atoms with Crippen molar-refractivity contribution in [2.75, 3.05) is 11.9 Å². The number of likely N-dealkylation sites (tertiary alicyclic amines) is 1. The Balaban J connectivity index is 2.07. The van der Waals surface area contributed by atoms with Gasteiger partial charge in [0.2, 0.25) is 0 Å². The molecule has 0 bridgehead atoms. The topological polar surface area (TPSA) is 69.6 Å². The van der Waals surface area contributed by atoms with Crippen LogP contribution in [0.4, 0.5) is 10.5 Å². The Bertz CT molecular complexity index is 484. The molecule has 5 nitrogen and oxygen atoms in total. The largest absolute Gasteiger partial charge is 0.480 e. The predicted octanol–water partition coefficient (Wildman–Crippen LogP) is 2.32. The quantitative estimate of drug-likeness (QED) is 0.859. The Labute approximate surface area is 112 Å². The molecule has 1 aliphatic rings. The number of nitrogens with one attached hydrogen (secondary N) is 1. The van der Waals surface area contributed by atoms with Crippen molar-refractivity contribution >= 4 is 17.7 Å². The number of carboxylic acid groups (broad SMARTS) is 1. The fourth-order valence-electron chi connectivity index (χ4n) is 2.38. The van der Waals surface area contributed by atoms with Gasteiger partial charge in [-0.3, -0.25) is 0 Å². The first-order chi connectivity index (χ1) is 8.99. The number of urea groups is 1. The minimum atomic E-state index is -0.941. The van der Waals surface area contributed by atoms with E-state index in [0.29, 0.717) is 12.2 Å². The van der Waals surface area contributed by atoms with Crippen molar-refractivity contribution in [1.82, 2.24) is 4.90 Å². The highest BCUT2D eigenvalue weighted by Crippen LogP contribution is 2.25. The van der Waals surface area contributed by atoms with E-state index in [1.165, 1.54) is 4.90 Å². The summed E-state index contributed by atoms with van der Waals surface area (Å²) in [7, 11) is 0. The van der Waals surface area contributed by atoms with Crippen LogP contribution in [0.5, 0.6) is 0 Å². The van der Waals surface area contributed by atoms with E-state index in [1.54, 1.807) is 0 Å². The summed E-state index contributed by atoms with van der Waals surface area (Å²) < 4.78 is 0. The lowest BCUT2D eigenvalue weighted by molar-refractivity contribution is -0.142. The standard InChI is InChI=1S/C14H18N2O3/c1-9-3-5-11(6-4-9)15-14(19)16-8-7-10(2)12(16)13(17)18/h3-6,10,12H,7-8H2,1-2H3,(H,15,19)(H,17,18). The summed E-state index contributed by atoms with van der Waals surface area (Å²) >= 11 is 0. The van der Waals surface area contributed by atoms with Crippen molar-refractivity contribution < 1.29 is 14.7 Å². The van der Waals surface area contributed by atoms with Crippen molar-refractivity contribution in [3.05, 3.63) is 29.8 Å². The first kappa shape index (κ1) is 13.4. The van der Waals surface area contributed by atoms with Crippen LogP contribution in [-0.4, -0.2) is 34.6 Å². The molecule has 1 aliphatic heterocycles. The number of amides is 2. The van der Waals surface area contributed by atoms with Gasteiger partial charge in [-0.1, -0.05) is 24.6 Å². The summed E-state index contributed by atoms with van der Waals surface area (Å²) in [5.74, 6) is -0.953. The van der Waals surface area contributed by atoms with Crippen LogP contribution in [0.25, 0.3) is 0 Å². The smallest absolute Gasteiger partial charge is 0.326 e. The second-order valence-corrected chi connectivity index (χ2v) is 5.04. The summed E-state index contributed by atoms with van der Waals surface area (Å²) in [5, 5.41) is 11.9. The van der Waals surface area contributed by atoms with Crippen molar-refractivity contribution in [2.45, 2.75) is 26.3 Å². The third-order valence-electron chi connectivity index (χ3n) is 3.52. The van der Waals surface area contributed by atoms with E-state index >= 15 is 0 Å². The highest BCUT2D eigenvalue weighted by molar-refractivity contribution is 5.92. The zero-order valence-corrected chi connectivity index (χ0v) is 11.1. The van der Waals surface area contributed by atoms with Crippen molar-refractivity contribution in [1.29, 1.82) is 0 Å². The average Bonchev–Trinajstić information content (AvgIpc) is 2.74. The van der Waals surface area contributed by atoms with E-state index in [1.807, 2.05) is 38.1 Å². The summed E-state index contributed by atoms with van der Waals surface area (Å²) in [5.41, 5.74) is 1.79. The molecule has 1 aromatic rings. The number of aliphatic carboxylic acids is 1. The number of benzene rings is 1. The number of rotatable bonds is 2. The molecule has 102 valence electrons. The first-order valence-electron chi connectivity index (χ1n) is 6.36. The van der Waals surface area contributed by atoms with Crippen LogP contribution >= 0.6 is 0 Å². The van der Waals surface area contributed by atoms with E-state index < -0.39 is 12.0 Å². The number of aryl methyl sites for hydroxylation is 1. The van der Waals surface area contributed by atoms with Crippen molar-refractivity contribution in [3.63, 3.8) is 0 Å². The number of carbonyl (C=O) groups is 2. The highest BCUT2D eigenvalue weighted by Gasteiger charge is 2.39. The first-order valence-corrected chi connectivity index (χ1v) is 6.36. The molecule has 2 amide bonds. The molecule has 2 unspecified atom stereocenters. The van der Waals surface area contributed by atoms with Gasteiger partial charge in [0, 0.05) is 12.2 Å². The lowest BCUT2D eigenvalue weighted by Gasteiger charge is -2.23. The molecule has 2 atom stereocenters. The van der Waals surface area contributed by atoms with Gasteiger partial charge in [-0.25, -0.2) is 9.59 Å². The SMILES string of the molecule is Cc1ccc(NC(=O)N2CCC(C)C2C(=O)O)cc1. The number of carbonyl (C=O) groups excluding carboxylic acids is 1. The number of carboxylic acids is 1. The molecule has 0 spiro atoms. The third-order valence-corrected chi connectivity index (χ3v) is 3.52. The van der Waals surface area contributed by atoms with E-state index in [4.69, 9.17) is 0 Å². The zero-order chi connectivity index (χ0) is 14.0. The monoisotopic (exact) mass is 262 g/mol. The predicted molar refractivity (Wildman–Crippen MR) is 72.1 cm³/mol. The molecule has 0 aromatic heterocycles. The fraction of sp³-hybridized carbons (Fsp3) is 0.429. The normalized spacial score (nSPS) is 22.3. The molecule has 2 rings (SSSR count). The summed E-state index contributed by atoms with van der Waals surface area (Å²) in [6, 6.07) is 6.34. The number of hydrogen-bond acceptors (Lipinski definition) is 2. The Morgan fingerprint density at radius 3 is 2.53 bits per heavy atom. The Kier molecular flexibility index (Phi) is 3.74. The molecule has 1 fully saturated rings. The Hall–Kier alpha value is -2.04. The molecule has 0 aliphatic carbocycles. The number of nitrogens with zero attached hydrogens (tertiary/aromatic N) is 1. The summed E-state index contributed by atoms with van der Waals surface area (Å²) in [4.78, 5) is 24.7. The molecule has 1 aromatic carbocycles. The van der Waals surface area contributed by atoms with Crippen LogP contribution in [0, 0.1) is 12.8 Å². The third kappa shape index (κ3) is 2.86. The molecule has 19 heavy (non-hydrogen) atoms. The van der Waals surface area contributed by atoms with Crippen molar-refractivity contribution in [3.8, 4) is 0 Å². The van der Waals surface area contributed by atoms with Crippen LogP contribution in [0.1, 0.15) is 18.9 Å². The van der Waals surface area contributed by atoms with Gasteiger partial charge in [-0.05, 0) is 31.4 Å². The van der Waals surface area contributed by atoms with Crippen LogP contribution < -0.4 is 5.32 Å². The highest BCUT2D eigenvalue weighted by atomic mass is 16.4. The number of hydrogen-bond donors (Lipinski definition) is 2. The second kappa shape index (κ2) is 5.30. The number of anilines is 1. The van der Waals surface area contributed by atoms with Crippen LogP contribution in [0.2, 0.25) is 0 Å². The average molecular weight is 262 g/mol. The maximum Gasteiger partial charge on any atom is 0.326 e. The van der Waals surface area contributed by atoms with Crippen LogP contribution in [-0.2, 0) is 4.79 Å². The Morgan fingerprint density at radius 1 is 1.32 bits per heavy atom. The lowest BCUT2D eigenvalue weighted by atomic mass is 10.0. The van der Waals surface area contributed by atoms with Gasteiger partial charge < -0.3 is 15.3 Å². The molecule has 5 heteroatoms. The van der Waals surface area contributed by atoms with E-state index in [9.17, 15) is 14.7 Å². The van der Waals surface area contributed by atoms with Crippen molar-refractivity contribution in [2.24, 2.45) is 5.92 Å². The molecule has 1 heterocycles.